The molecule has 1 rings (SSSR count). The lowest BCUT2D eigenvalue weighted by Crippen LogP contribution is -2.32. The lowest BCUT2D eigenvalue weighted by molar-refractivity contribution is 0.316. The van der Waals surface area contributed by atoms with E-state index < -0.39 is 0 Å². The van der Waals surface area contributed by atoms with Crippen molar-refractivity contribution in [2.75, 3.05) is 6.61 Å². The first-order chi connectivity index (χ1) is 9.21. The van der Waals surface area contributed by atoms with Gasteiger partial charge in [-0.25, -0.2) is 0 Å². The molecule has 0 bridgehead atoms. The highest BCUT2D eigenvalue weighted by Gasteiger charge is 2.12. The molecule has 1 N–H and O–H groups in total. The fraction of sp³-hybridized carbons (Fsp3) is 0.647. The van der Waals surface area contributed by atoms with Crippen molar-refractivity contribution >= 4 is 0 Å². The molecule has 1 unspecified atom stereocenters. The molecule has 2 heteroatoms. The van der Waals surface area contributed by atoms with Gasteiger partial charge in [-0.05, 0) is 37.0 Å². The van der Waals surface area contributed by atoms with Gasteiger partial charge in [-0.3, -0.25) is 0 Å². The van der Waals surface area contributed by atoms with Crippen LogP contribution in [0.15, 0.2) is 24.3 Å². The number of hydrogen-bond donors (Lipinski definition) is 1. The van der Waals surface area contributed by atoms with E-state index in [-0.39, 0.29) is 0 Å². The van der Waals surface area contributed by atoms with Crippen molar-refractivity contribution in [2.45, 2.75) is 59.5 Å². The van der Waals surface area contributed by atoms with Crippen molar-refractivity contribution < 1.29 is 4.74 Å². The van der Waals surface area contributed by atoms with E-state index in [1.807, 2.05) is 6.07 Å². The fourth-order valence-electron chi connectivity index (χ4n) is 2.41. The van der Waals surface area contributed by atoms with Gasteiger partial charge in [-0.15, -0.1) is 0 Å². The molecule has 0 aliphatic heterocycles. The maximum absolute atomic E-state index is 5.66. The molecule has 0 heterocycles. The van der Waals surface area contributed by atoms with Gasteiger partial charge >= 0.3 is 0 Å². The molecule has 0 radical (unpaired) electrons. The zero-order valence-electron chi connectivity index (χ0n) is 12.9. The molecule has 0 saturated heterocycles. The van der Waals surface area contributed by atoms with Crippen LogP contribution in [0.1, 0.15) is 52.5 Å². The lowest BCUT2D eigenvalue weighted by Gasteiger charge is -2.22. The molecule has 0 fully saturated rings. The van der Waals surface area contributed by atoms with Crippen molar-refractivity contribution in [3.63, 3.8) is 0 Å². The molecule has 2 nitrogen and oxygen atoms in total. The smallest absolute Gasteiger partial charge is 0.119 e. The number of nitrogens with one attached hydrogen (secondary N) is 1. The van der Waals surface area contributed by atoms with Crippen LogP contribution in [0.3, 0.4) is 0 Å². The minimum atomic E-state index is 0.565. The van der Waals surface area contributed by atoms with E-state index in [1.54, 1.807) is 0 Å². The summed E-state index contributed by atoms with van der Waals surface area (Å²) in [6.45, 7) is 10.7. The van der Waals surface area contributed by atoms with Gasteiger partial charge in [-0.2, -0.15) is 0 Å². The molecule has 1 aromatic rings. The Kier molecular flexibility index (Phi) is 7.57. The van der Waals surface area contributed by atoms with Crippen LogP contribution in [-0.2, 0) is 6.54 Å². The van der Waals surface area contributed by atoms with Crippen LogP contribution >= 0.6 is 0 Å². The van der Waals surface area contributed by atoms with E-state index >= 15 is 0 Å². The summed E-state index contributed by atoms with van der Waals surface area (Å²) >= 11 is 0. The van der Waals surface area contributed by atoms with Crippen molar-refractivity contribution in [2.24, 2.45) is 5.92 Å². The Morgan fingerprint density at radius 3 is 2.53 bits per heavy atom. The van der Waals surface area contributed by atoms with E-state index in [9.17, 15) is 0 Å². The van der Waals surface area contributed by atoms with Crippen molar-refractivity contribution in [3.05, 3.63) is 29.8 Å². The quantitative estimate of drug-likeness (QED) is 0.713. The highest BCUT2D eigenvalue weighted by molar-refractivity contribution is 5.28. The van der Waals surface area contributed by atoms with Gasteiger partial charge < -0.3 is 10.1 Å². The van der Waals surface area contributed by atoms with Gasteiger partial charge in [-0.1, -0.05) is 45.7 Å². The summed E-state index contributed by atoms with van der Waals surface area (Å²) in [6, 6.07) is 8.97. The number of ether oxygens (including phenoxy) is 1. The van der Waals surface area contributed by atoms with Crippen molar-refractivity contribution in [1.29, 1.82) is 0 Å². The number of hydrogen-bond acceptors (Lipinski definition) is 2. The topological polar surface area (TPSA) is 21.3 Å². The van der Waals surface area contributed by atoms with Gasteiger partial charge in [0.2, 0.25) is 0 Å². The Morgan fingerprint density at radius 2 is 1.89 bits per heavy atom. The Hall–Kier alpha value is -1.02. The van der Waals surface area contributed by atoms with Gasteiger partial charge in [0.1, 0.15) is 5.75 Å². The Balaban J connectivity index is 2.48. The molecule has 0 amide bonds. The summed E-state index contributed by atoms with van der Waals surface area (Å²) in [4.78, 5) is 0. The van der Waals surface area contributed by atoms with Gasteiger partial charge in [0.15, 0.2) is 0 Å². The van der Waals surface area contributed by atoms with Crippen LogP contribution in [0, 0.1) is 5.92 Å². The second-order valence-corrected chi connectivity index (χ2v) is 5.24. The summed E-state index contributed by atoms with van der Waals surface area (Å²) in [5.74, 6) is 1.75. The van der Waals surface area contributed by atoms with Gasteiger partial charge in [0.05, 0.1) is 6.61 Å². The molecule has 0 aliphatic rings. The second kappa shape index (κ2) is 8.98. The van der Waals surface area contributed by atoms with E-state index in [2.05, 4.69) is 51.2 Å². The van der Waals surface area contributed by atoms with Crippen LogP contribution in [-0.4, -0.2) is 12.6 Å². The van der Waals surface area contributed by atoms with Crippen molar-refractivity contribution in [3.8, 4) is 5.75 Å². The van der Waals surface area contributed by atoms with Gasteiger partial charge in [0, 0.05) is 12.6 Å². The van der Waals surface area contributed by atoms with E-state index in [4.69, 9.17) is 4.74 Å². The predicted molar refractivity (Wildman–Crippen MR) is 82.6 cm³/mol. The first-order valence-corrected chi connectivity index (χ1v) is 7.66. The van der Waals surface area contributed by atoms with Crippen LogP contribution in [0.4, 0.5) is 0 Å². The Morgan fingerprint density at radius 1 is 1.16 bits per heavy atom. The third-order valence-electron chi connectivity index (χ3n) is 3.76. The zero-order valence-corrected chi connectivity index (χ0v) is 12.9. The average Bonchev–Trinajstić information content (AvgIpc) is 2.44. The average molecular weight is 263 g/mol. The summed E-state index contributed by atoms with van der Waals surface area (Å²) < 4.78 is 5.66. The Bertz CT molecular complexity index is 347. The summed E-state index contributed by atoms with van der Waals surface area (Å²) in [5, 5.41) is 3.63. The summed E-state index contributed by atoms with van der Waals surface area (Å²) in [5.41, 5.74) is 1.30. The molecular formula is C17H29NO. The fourth-order valence-corrected chi connectivity index (χ4v) is 2.41. The number of rotatable bonds is 9. The SMILES string of the molecule is CCCOc1cccc(CNC(C)C(CC)CC)c1. The van der Waals surface area contributed by atoms with E-state index in [1.165, 1.54) is 18.4 Å². The molecule has 0 aromatic heterocycles. The summed E-state index contributed by atoms with van der Waals surface area (Å²) in [6.07, 6.45) is 3.53. The maximum Gasteiger partial charge on any atom is 0.119 e. The minimum absolute atomic E-state index is 0.565. The number of benzene rings is 1. The Labute approximate surface area is 118 Å². The lowest BCUT2D eigenvalue weighted by atomic mass is 9.95. The highest BCUT2D eigenvalue weighted by atomic mass is 16.5. The van der Waals surface area contributed by atoms with E-state index in [0.717, 1.165) is 31.2 Å². The molecule has 0 saturated carbocycles. The molecule has 0 aliphatic carbocycles. The first-order valence-electron chi connectivity index (χ1n) is 7.66. The third kappa shape index (κ3) is 5.65. The van der Waals surface area contributed by atoms with Crippen LogP contribution < -0.4 is 10.1 Å². The molecule has 19 heavy (non-hydrogen) atoms. The van der Waals surface area contributed by atoms with Crippen LogP contribution in [0.25, 0.3) is 0 Å². The maximum atomic E-state index is 5.66. The standard InChI is InChI=1S/C17H29NO/c1-5-11-19-17-10-8-9-15(12-17)13-18-14(4)16(6-2)7-3/h8-10,12,14,16,18H,5-7,11,13H2,1-4H3. The molecule has 1 aromatic carbocycles. The minimum Gasteiger partial charge on any atom is -0.494 e. The molecule has 108 valence electrons. The van der Waals surface area contributed by atoms with Crippen LogP contribution in [0.5, 0.6) is 5.75 Å². The zero-order chi connectivity index (χ0) is 14.1. The monoisotopic (exact) mass is 263 g/mol. The molecule has 0 spiro atoms. The third-order valence-corrected chi connectivity index (χ3v) is 3.76. The van der Waals surface area contributed by atoms with Gasteiger partial charge in [0.25, 0.3) is 0 Å². The first kappa shape index (κ1) is 16.0. The molecule has 1 atom stereocenters. The largest absolute Gasteiger partial charge is 0.494 e. The molecular weight excluding hydrogens is 234 g/mol. The van der Waals surface area contributed by atoms with Crippen LogP contribution in [0.2, 0.25) is 0 Å². The normalized spacial score (nSPS) is 12.7. The van der Waals surface area contributed by atoms with E-state index in [0.29, 0.717) is 6.04 Å². The second-order valence-electron chi connectivity index (χ2n) is 5.24. The summed E-state index contributed by atoms with van der Waals surface area (Å²) in [7, 11) is 0. The predicted octanol–water partition coefficient (Wildman–Crippen LogP) is 4.39. The highest BCUT2D eigenvalue weighted by Crippen LogP contribution is 2.16. The van der Waals surface area contributed by atoms with Crippen molar-refractivity contribution in [1.82, 2.24) is 5.32 Å².